The van der Waals surface area contributed by atoms with Gasteiger partial charge in [0.2, 0.25) is 5.89 Å². The van der Waals surface area contributed by atoms with E-state index in [0.717, 1.165) is 43.1 Å². The average molecular weight is 523 g/mol. The number of anilines is 1. The molecule has 2 N–H and O–H groups in total. The van der Waals surface area contributed by atoms with Crippen LogP contribution in [0.4, 0.5) is 5.00 Å². The molecule has 2 aromatic heterocycles. The zero-order valence-electron chi connectivity index (χ0n) is 16.4. The molecule has 0 unspecified atom stereocenters. The van der Waals surface area contributed by atoms with Crippen LogP contribution >= 0.6 is 35.3 Å². The van der Waals surface area contributed by atoms with Gasteiger partial charge in [0.15, 0.2) is 5.96 Å². The van der Waals surface area contributed by atoms with E-state index in [2.05, 4.69) is 43.0 Å². The summed E-state index contributed by atoms with van der Waals surface area (Å²) >= 11 is 1.81. The summed E-state index contributed by atoms with van der Waals surface area (Å²) in [6.45, 7) is 2.71. The Hall–Kier alpha value is -2.07. The second kappa shape index (κ2) is 10.6. The fraction of sp³-hybridized carbons (Fsp3) is 0.333. The molecule has 0 bridgehead atoms. The molecule has 8 heteroatoms. The van der Waals surface area contributed by atoms with E-state index in [4.69, 9.17) is 4.42 Å². The Labute approximate surface area is 192 Å². The van der Waals surface area contributed by atoms with Gasteiger partial charge in [-0.15, -0.1) is 35.3 Å². The van der Waals surface area contributed by atoms with Gasteiger partial charge >= 0.3 is 0 Å². The third-order valence-electron chi connectivity index (χ3n) is 4.89. The van der Waals surface area contributed by atoms with Gasteiger partial charge in [-0.1, -0.05) is 18.2 Å². The number of rotatable bonds is 5. The number of nitrogens with one attached hydrogen (secondary N) is 2. The number of benzene rings is 1. The maximum atomic E-state index is 5.60. The monoisotopic (exact) mass is 523 g/mol. The van der Waals surface area contributed by atoms with Gasteiger partial charge in [-0.3, -0.25) is 4.99 Å². The minimum absolute atomic E-state index is 0. The fourth-order valence-corrected chi connectivity index (χ4v) is 4.14. The van der Waals surface area contributed by atoms with Gasteiger partial charge in [-0.05, 0) is 42.5 Å². The minimum Gasteiger partial charge on any atom is -0.444 e. The largest absolute Gasteiger partial charge is 0.444 e. The summed E-state index contributed by atoms with van der Waals surface area (Å²) in [6, 6.07) is 14.7. The third kappa shape index (κ3) is 5.72. The number of oxazole rings is 1. The quantitative estimate of drug-likeness (QED) is 0.296. The highest BCUT2D eigenvalue weighted by atomic mass is 127. The van der Waals surface area contributed by atoms with Gasteiger partial charge in [0.25, 0.3) is 0 Å². The molecule has 1 fully saturated rings. The van der Waals surface area contributed by atoms with Crippen LogP contribution in [-0.4, -0.2) is 37.1 Å². The second-order valence-corrected chi connectivity index (χ2v) is 7.72. The second-order valence-electron chi connectivity index (χ2n) is 6.79. The zero-order chi connectivity index (χ0) is 19.2. The van der Waals surface area contributed by atoms with Crippen LogP contribution in [-0.2, 0) is 6.54 Å². The Kier molecular flexibility index (Phi) is 7.93. The Morgan fingerprint density at radius 2 is 2.00 bits per heavy atom. The maximum absolute atomic E-state index is 5.60. The molecule has 3 aromatic rings. The number of hydrogen-bond acceptors (Lipinski definition) is 5. The topological polar surface area (TPSA) is 65.7 Å². The minimum atomic E-state index is 0. The van der Waals surface area contributed by atoms with E-state index in [1.54, 1.807) is 13.3 Å². The van der Waals surface area contributed by atoms with Gasteiger partial charge in [-0.25, -0.2) is 4.98 Å². The number of hydrogen-bond donors (Lipinski definition) is 2. The molecule has 0 radical (unpaired) electrons. The van der Waals surface area contributed by atoms with Crippen molar-refractivity contribution in [1.82, 2.24) is 15.6 Å². The molecule has 0 amide bonds. The van der Waals surface area contributed by atoms with Crippen molar-refractivity contribution in [3.8, 4) is 11.5 Å². The van der Waals surface area contributed by atoms with Crippen molar-refractivity contribution in [2.45, 2.75) is 25.4 Å². The molecule has 0 spiro atoms. The van der Waals surface area contributed by atoms with E-state index in [0.29, 0.717) is 18.5 Å². The van der Waals surface area contributed by atoms with E-state index in [1.807, 2.05) is 41.7 Å². The smallest absolute Gasteiger partial charge is 0.226 e. The number of guanidine groups is 1. The zero-order valence-corrected chi connectivity index (χ0v) is 19.5. The molecule has 29 heavy (non-hydrogen) atoms. The van der Waals surface area contributed by atoms with Crippen LogP contribution in [0.2, 0.25) is 0 Å². The van der Waals surface area contributed by atoms with Gasteiger partial charge < -0.3 is 20.0 Å². The van der Waals surface area contributed by atoms with Crippen LogP contribution in [0.5, 0.6) is 0 Å². The molecule has 1 aliphatic heterocycles. The Bertz CT molecular complexity index is 889. The average Bonchev–Trinajstić information content (AvgIpc) is 3.44. The lowest BCUT2D eigenvalue weighted by Crippen LogP contribution is -2.48. The summed E-state index contributed by atoms with van der Waals surface area (Å²) in [6.07, 6.45) is 3.89. The standard InChI is InChI=1S/C21H25N5OS.HI/c1-22-21(25-17-9-11-26(12-10-17)19-8-5-13-28-19)23-14-18-15-27-20(24-18)16-6-3-2-4-7-16;/h2-8,13,15,17H,9-12,14H2,1H3,(H2,22,23,25);1H. The van der Waals surface area contributed by atoms with E-state index in [-0.39, 0.29) is 24.0 Å². The highest BCUT2D eigenvalue weighted by molar-refractivity contribution is 14.0. The van der Waals surface area contributed by atoms with Crippen LogP contribution in [0.25, 0.3) is 11.5 Å². The Morgan fingerprint density at radius 1 is 1.21 bits per heavy atom. The molecule has 0 atom stereocenters. The lowest BCUT2D eigenvalue weighted by molar-refractivity contribution is 0.462. The van der Waals surface area contributed by atoms with Crippen LogP contribution < -0.4 is 15.5 Å². The van der Waals surface area contributed by atoms with Crippen molar-refractivity contribution in [3.63, 3.8) is 0 Å². The van der Waals surface area contributed by atoms with Crippen molar-refractivity contribution < 1.29 is 4.42 Å². The number of nitrogens with zero attached hydrogens (tertiary/aromatic N) is 3. The Balaban J connectivity index is 0.00000240. The predicted molar refractivity (Wildman–Crippen MR) is 130 cm³/mol. The maximum Gasteiger partial charge on any atom is 0.226 e. The normalized spacial score (nSPS) is 15.1. The lowest BCUT2D eigenvalue weighted by Gasteiger charge is -2.33. The van der Waals surface area contributed by atoms with Crippen molar-refractivity contribution in [2.75, 3.05) is 25.0 Å². The fourth-order valence-electron chi connectivity index (χ4n) is 3.36. The molecule has 154 valence electrons. The van der Waals surface area contributed by atoms with Crippen LogP contribution in [0.1, 0.15) is 18.5 Å². The first-order valence-corrected chi connectivity index (χ1v) is 10.5. The van der Waals surface area contributed by atoms with Gasteiger partial charge in [0, 0.05) is 31.7 Å². The van der Waals surface area contributed by atoms with E-state index < -0.39 is 0 Å². The molecule has 1 aliphatic rings. The molecule has 4 rings (SSSR count). The first kappa shape index (κ1) is 21.6. The van der Waals surface area contributed by atoms with E-state index >= 15 is 0 Å². The third-order valence-corrected chi connectivity index (χ3v) is 5.82. The SMILES string of the molecule is CN=C(NCc1coc(-c2ccccc2)n1)NC1CCN(c2cccs2)CC1.I. The summed E-state index contributed by atoms with van der Waals surface area (Å²) in [7, 11) is 1.80. The van der Waals surface area contributed by atoms with Crippen LogP contribution in [0.15, 0.2) is 63.5 Å². The molecule has 0 aliphatic carbocycles. The first-order valence-electron chi connectivity index (χ1n) is 9.57. The number of piperidine rings is 1. The number of aliphatic imine (C=N–C) groups is 1. The van der Waals surface area contributed by atoms with Gasteiger partial charge in [0.1, 0.15) is 6.26 Å². The Morgan fingerprint density at radius 3 is 2.69 bits per heavy atom. The molecular weight excluding hydrogens is 497 g/mol. The van der Waals surface area contributed by atoms with E-state index in [9.17, 15) is 0 Å². The van der Waals surface area contributed by atoms with Crippen molar-refractivity contribution in [1.29, 1.82) is 0 Å². The molecular formula is C21H26IN5OS. The highest BCUT2D eigenvalue weighted by Crippen LogP contribution is 2.24. The molecule has 1 aromatic carbocycles. The van der Waals surface area contributed by atoms with Crippen LogP contribution in [0, 0.1) is 0 Å². The van der Waals surface area contributed by atoms with E-state index in [1.165, 1.54) is 5.00 Å². The van der Waals surface area contributed by atoms with Crippen LogP contribution in [0.3, 0.4) is 0 Å². The van der Waals surface area contributed by atoms with Gasteiger partial charge in [0.05, 0.1) is 17.2 Å². The summed E-state index contributed by atoms with van der Waals surface area (Å²) in [5, 5.41) is 10.4. The molecule has 0 saturated carbocycles. The number of halogens is 1. The molecule has 1 saturated heterocycles. The molecule has 3 heterocycles. The highest BCUT2D eigenvalue weighted by Gasteiger charge is 2.20. The van der Waals surface area contributed by atoms with Gasteiger partial charge in [-0.2, -0.15) is 0 Å². The van der Waals surface area contributed by atoms with Crippen molar-refractivity contribution in [3.05, 3.63) is 59.8 Å². The summed E-state index contributed by atoms with van der Waals surface area (Å²) in [5.74, 6) is 1.44. The first-order chi connectivity index (χ1) is 13.8. The predicted octanol–water partition coefficient (Wildman–Crippen LogP) is 4.36. The number of thiophene rings is 1. The lowest BCUT2D eigenvalue weighted by atomic mass is 10.1. The van der Waals surface area contributed by atoms with Crippen molar-refractivity contribution in [2.24, 2.45) is 4.99 Å². The summed E-state index contributed by atoms with van der Waals surface area (Å²) in [5.41, 5.74) is 1.84. The molecule has 6 nitrogen and oxygen atoms in total. The number of aromatic nitrogens is 1. The summed E-state index contributed by atoms with van der Waals surface area (Å²) in [4.78, 5) is 11.4. The summed E-state index contributed by atoms with van der Waals surface area (Å²) < 4.78 is 5.60. The van der Waals surface area contributed by atoms with Crippen molar-refractivity contribution >= 4 is 46.3 Å².